The first-order chi connectivity index (χ1) is 7.70. The SMILES string of the molecule is CCc1ccc(-c2ncc(C)c(Cl)n2)cc1. The number of aryl methyl sites for hydroxylation is 2. The normalized spacial score (nSPS) is 10.4. The Morgan fingerprint density at radius 2 is 1.88 bits per heavy atom. The highest BCUT2D eigenvalue weighted by molar-refractivity contribution is 6.30. The smallest absolute Gasteiger partial charge is 0.160 e. The highest BCUT2D eigenvalue weighted by atomic mass is 35.5. The van der Waals surface area contributed by atoms with Gasteiger partial charge >= 0.3 is 0 Å². The van der Waals surface area contributed by atoms with Gasteiger partial charge in [-0.15, -0.1) is 0 Å². The van der Waals surface area contributed by atoms with Crippen LogP contribution >= 0.6 is 11.6 Å². The van der Waals surface area contributed by atoms with Gasteiger partial charge in [-0.1, -0.05) is 42.8 Å². The number of rotatable bonds is 2. The molecule has 0 bridgehead atoms. The molecule has 0 fully saturated rings. The van der Waals surface area contributed by atoms with Crippen LogP contribution in [0.3, 0.4) is 0 Å². The van der Waals surface area contributed by atoms with Gasteiger partial charge in [-0.25, -0.2) is 9.97 Å². The van der Waals surface area contributed by atoms with Crippen LogP contribution in [0.25, 0.3) is 11.4 Å². The van der Waals surface area contributed by atoms with Crippen LogP contribution in [-0.4, -0.2) is 9.97 Å². The first-order valence-corrected chi connectivity index (χ1v) is 5.67. The second-order valence-corrected chi connectivity index (χ2v) is 4.08. The first kappa shape index (κ1) is 11.1. The Balaban J connectivity index is 2.38. The molecule has 0 amide bonds. The molecule has 1 aromatic heterocycles. The summed E-state index contributed by atoms with van der Waals surface area (Å²) in [5.41, 5.74) is 3.21. The van der Waals surface area contributed by atoms with Gasteiger partial charge in [0.15, 0.2) is 5.82 Å². The third-order valence-corrected chi connectivity index (χ3v) is 2.91. The Morgan fingerprint density at radius 3 is 2.44 bits per heavy atom. The Hall–Kier alpha value is -1.41. The minimum atomic E-state index is 0.518. The van der Waals surface area contributed by atoms with Crippen LogP contribution in [0.1, 0.15) is 18.1 Å². The van der Waals surface area contributed by atoms with E-state index in [0.29, 0.717) is 11.0 Å². The van der Waals surface area contributed by atoms with Crippen molar-refractivity contribution < 1.29 is 0 Å². The van der Waals surface area contributed by atoms with Crippen LogP contribution in [0.2, 0.25) is 5.15 Å². The van der Waals surface area contributed by atoms with E-state index < -0.39 is 0 Å². The zero-order valence-electron chi connectivity index (χ0n) is 9.37. The molecule has 0 radical (unpaired) electrons. The van der Waals surface area contributed by atoms with E-state index in [1.807, 2.05) is 19.1 Å². The van der Waals surface area contributed by atoms with Crippen molar-refractivity contribution in [3.05, 3.63) is 46.7 Å². The highest BCUT2D eigenvalue weighted by Gasteiger charge is 2.03. The van der Waals surface area contributed by atoms with Crippen molar-refractivity contribution in [2.24, 2.45) is 0 Å². The monoisotopic (exact) mass is 232 g/mol. The van der Waals surface area contributed by atoms with Crippen molar-refractivity contribution in [1.82, 2.24) is 9.97 Å². The number of aromatic nitrogens is 2. The molecule has 0 atom stereocenters. The van der Waals surface area contributed by atoms with Crippen LogP contribution < -0.4 is 0 Å². The lowest BCUT2D eigenvalue weighted by Gasteiger charge is -2.03. The predicted molar refractivity (Wildman–Crippen MR) is 66.6 cm³/mol. The number of nitrogens with zero attached hydrogens (tertiary/aromatic N) is 2. The lowest BCUT2D eigenvalue weighted by molar-refractivity contribution is 1.12. The fourth-order valence-corrected chi connectivity index (χ4v) is 1.58. The van der Waals surface area contributed by atoms with Gasteiger partial charge < -0.3 is 0 Å². The van der Waals surface area contributed by atoms with E-state index >= 15 is 0 Å². The minimum Gasteiger partial charge on any atom is -0.236 e. The van der Waals surface area contributed by atoms with Gasteiger partial charge in [-0.2, -0.15) is 0 Å². The molecule has 16 heavy (non-hydrogen) atoms. The summed E-state index contributed by atoms with van der Waals surface area (Å²) in [5.74, 6) is 0.679. The molecule has 1 heterocycles. The molecular formula is C13H13ClN2. The Bertz CT molecular complexity index is 492. The summed E-state index contributed by atoms with van der Waals surface area (Å²) in [7, 11) is 0. The molecule has 0 saturated carbocycles. The molecular weight excluding hydrogens is 220 g/mol. The summed E-state index contributed by atoms with van der Waals surface area (Å²) in [6.07, 6.45) is 2.79. The molecule has 2 nitrogen and oxygen atoms in total. The fourth-order valence-electron chi connectivity index (χ4n) is 1.45. The van der Waals surface area contributed by atoms with Crippen LogP contribution in [-0.2, 0) is 6.42 Å². The first-order valence-electron chi connectivity index (χ1n) is 5.29. The summed E-state index contributed by atoms with van der Waals surface area (Å²) < 4.78 is 0. The van der Waals surface area contributed by atoms with Gasteiger partial charge in [-0.05, 0) is 18.9 Å². The molecule has 0 spiro atoms. The molecule has 0 N–H and O–H groups in total. The molecule has 0 aliphatic heterocycles. The number of hydrogen-bond acceptors (Lipinski definition) is 2. The zero-order valence-corrected chi connectivity index (χ0v) is 10.1. The van der Waals surface area contributed by atoms with E-state index in [2.05, 4.69) is 29.0 Å². The average Bonchev–Trinajstić information content (AvgIpc) is 2.33. The van der Waals surface area contributed by atoms with Gasteiger partial charge in [0.1, 0.15) is 5.15 Å². The van der Waals surface area contributed by atoms with E-state index in [0.717, 1.165) is 17.5 Å². The van der Waals surface area contributed by atoms with E-state index in [9.17, 15) is 0 Å². The lowest BCUT2D eigenvalue weighted by atomic mass is 10.1. The van der Waals surface area contributed by atoms with Gasteiger partial charge in [0, 0.05) is 17.3 Å². The number of hydrogen-bond donors (Lipinski definition) is 0. The molecule has 1 aromatic carbocycles. The lowest BCUT2D eigenvalue weighted by Crippen LogP contribution is -1.91. The summed E-state index contributed by atoms with van der Waals surface area (Å²) in [6.45, 7) is 4.03. The molecule has 2 aromatic rings. The van der Waals surface area contributed by atoms with Crippen molar-refractivity contribution in [3.63, 3.8) is 0 Å². The van der Waals surface area contributed by atoms with Gasteiger partial charge in [0.2, 0.25) is 0 Å². The fraction of sp³-hybridized carbons (Fsp3) is 0.231. The standard InChI is InChI=1S/C13H13ClN2/c1-3-10-4-6-11(7-5-10)13-15-8-9(2)12(14)16-13/h4-8H,3H2,1-2H3. The second kappa shape index (κ2) is 4.62. The van der Waals surface area contributed by atoms with Crippen molar-refractivity contribution in [2.45, 2.75) is 20.3 Å². The van der Waals surface area contributed by atoms with Crippen molar-refractivity contribution in [3.8, 4) is 11.4 Å². The maximum absolute atomic E-state index is 5.97. The van der Waals surface area contributed by atoms with Gasteiger partial charge in [0.25, 0.3) is 0 Å². The minimum absolute atomic E-state index is 0.518. The van der Waals surface area contributed by atoms with Crippen LogP contribution in [0, 0.1) is 6.92 Å². The summed E-state index contributed by atoms with van der Waals surface area (Å²) in [4.78, 5) is 8.52. The van der Waals surface area contributed by atoms with Crippen LogP contribution in [0.5, 0.6) is 0 Å². The van der Waals surface area contributed by atoms with Crippen molar-refractivity contribution in [2.75, 3.05) is 0 Å². The molecule has 0 aliphatic rings. The highest BCUT2D eigenvalue weighted by Crippen LogP contribution is 2.19. The molecule has 0 aliphatic carbocycles. The number of halogens is 1. The van der Waals surface area contributed by atoms with Gasteiger partial charge in [-0.3, -0.25) is 0 Å². The summed E-state index contributed by atoms with van der Waals surface area (Å²) in [6, 6.07) is 8.23. The van der Waals surface area contributed by atoms with Crippen molar-refractivity contribution >= 4 is 11.6 Å². The van der Waals surface area contributed by atoms with Crippen LogP contribution in [0.15, 0.2) is 30.5 Å². The average molecular weight is 233 g/mol. The molecule has 3 heteroatoms. The Morgan fingerprint density at radius 1 is 1.19 bits per heavy atom. The summed E-state index contributed by atoms with van der Waals surface area (Å²) >= 11 is 5.97. The quantitative estimate of drug-likeness (QED) is 0.739. The molecule has 82 valence electrons. The van der Waals surface area contributed by atoms with E-state index in [1.165, 1.54) is 5.56 Å². The molecule has 0 saturated heterocycles. The van der Waals surface area contributed by atoms with Crippen molar-refractivity contribution in [1.29, 1.82) is 0 Å². The van der Waals surface area contributed by atoms with E-state index in [4.69, 9.17) is 11.6 Å². The Labute approximate surface area is 100 Å². The summed E-state index contributed by atoms with van der Waals surface area (Å²) in [5, 5.41) is 0.518. The topological polar surface area (TPSA) is 25.8 Å². The predicted octanol–water partition coefficient (Wildman–Crippen LogP) is 3.67. The van der Waals surface area contributed by atoms with Gasteiger partial charge in [0.05, 0.1) is 0 Å². The third-order valence-electron chi connectivity index (χ3n) is 2.53. The van der Waals surface area contributed by atoms with Crippen LogP contribution in [0.4, 0.5) is 0 Å². The molecule has 0 unspecified atom stereocenters. The second-order valence-electron chi connectivity index (χ2n) is 3.72. The molecule has 2 rings (SSSR count). The Kier molecular flexibility index (Phi) is 3.20. The number of benzene rings is 1. The third kappa shape index (κ3) is 2.22. The maximum atomic E-state index is 5.97. The zero-order chi connectivity index (χ0) is 11.5. The maximum Gasteiger partial charge on any atom is 0.160 e. The van der Waals surface area contributed by atoms with E-state index in [1.54, 1.807) is 6.20 Å². The largest absolute Gasteiger partial charge is 0.236 e. The van der Waals surface area contributed by atoms with E-state index in [-0.39, 0.29) is 0 Å².